The van der Waals surface area contributed by atoms with E-state index in [2.05, 4.69) is 31.3 Å². The Balaban J connectivity index is 1.71. The molecule has 1 aromatic carbocycles. The molecule has 34 heavy (non-hydrogen) atoms. The van der Waals surface area contributed by atoms with Crippen molar-refractivity contribution in [1.82, 2.24) is 15.2 Å². The zero-order valence-corrected chi connectivity index (χ0v) is 20.9. The summed E-state index contributed by atoms with van der Waals surface area (Å²) in [7, 11) is -3.90. The minimum Gasteiger partial charge on any atom is -0.325 e. The summed E-state index contributed by atoms with van der Waals surface area (Å²) in [6.45, 7) is 5.54. The smallest absolute Gasteiger partial charge is 0.263 e. The molecule has 1 atom stereocenters. The summed E-state index contributed by atoms with van der Waals surface area (Å²) in [5.74, 6) is -0.246. The number of carbonyl (C=O) groups excluding carboxylic acids is 1. The number of benzene rings is 1. The zero-order valence-electron chi connectivity index (χ0n) is 18.5. The molecule has 0 saturated carbocycles. The van der Waals surface area contributed by atoms with E-state index >= 15 is 0 Å². The number of sulfonamides is 1. The van der Waals surface area contributed by atoms with Crippen molar-refractivity contribution in [3.63, 3.8) is 0 Å². The van der Waals surface area contributed by atoms with Crippen molar-refractivity contribution in [2.24, 2.45) is 0 Å². The Hall–Kier alpha value is -3.20. The van der Waals surface area contributed by atoms with Gasteiger partial charge in [-0.1, -0.05) is 30.3 Å². The van der Waals surface area contributed by atoms with Gasteiger partial charge in [-0.25, -0.2) is 13.4 Å². The highest BCUT2D eigenvalue weighted by Crippen LogP contribution is 2.30. The van der Waals surface area contributed by atoms with Gasteiger partial charge in [0.2, 0.25) is 5.91 Å². The van der Waals surface area contributed by atoms with Crippen LogP contribution in [0.2, 0.25) is 5.15 Å². The van der Waals surface area contributed by atoms with Crippen LogP contribution in [0.3, 0.4) is 0 Å². The molecule has 0 fully saturated rings. The Morgan fingerprint density at radius 3 is 2.47 bits per heavy atom. The summed E-state index contributed by atoms with van der Waals surface area (Å²) >= 11 is 6.89. The highest BCUT2D eigenvalue weighted by atomic mass is 35.5. The number of halogens is 1. The average Bonchev–Trinajstić information content (AvgIpc) is 2.79. The van der Waals surface area contributed by atoms with Gasteiger partial charge in [0.25, 0.3) is 10.0 Å². The zero-order chi connectivity index (χ0) is 24.9. The molecule has 0 aliphatic rings. The van der Waals surface area contributed by atoms with Crippen molar-refractivity contribution in [2.75, 3.05) is 10.0 Å². The number of aryl methyl sites for hydroxylation is 2. The quantitative estimate of drug-likeness (QED) is 0.422. The number of rotatable bonds is 8. The molecule has 2 heterocycles. The highest BCUT2D eigenvalue weighted by Gasteiger charge is 2.22. The molecule has 2 aromatic heterocycles. The number of carbonyl (C=O) groups is 1. The number of aromatic nitrogens is 3. The number of nitrogens with zero attached hydrogens (tertiary/aromatic N) is 4. The van der Waals surface area contributed by atoms with Gasteiger partial charge in [0.05, 0.1) is 15.7 Å². The number of thioether (sulfide) groups is 1. The van der Waals surface area contributed by atoms with Crippen molar-refractivity contribution >= 4 is 50.8 Å². The topological polar surface area (TPSA) is 138 Å². The van der Waals surface area contributed by atoms with Crippen LogP contribution in [0.25, 0.3) is 0 Å². The molecule has 0 spiro atoms. The van der Waals surface area contributed by atoms with E-state index in [0.717, 1.165) is 11.3 Å². The van der Waals surface area contributed by atoms with Crippen molar-refractivity contribution in [1.29, 1.82) is 5.26 Å². The predicted molar refractivity (Wildman–Crippen MR) is 131 cm³/mol. The standard InChI is InChI=1S/C22H21ClN6O3S2/c1-4-18(33-22-17(12-24)13(2)11-14(3)25-22)21(30)26-15-5-7-16(8-6-15)34(31,32)29-20-10-9-19(23)27-28-20/h5-11,18H,4H2,1-3H3,(H,26,30)(H,28,29). The summed E-state index contributed by atoms with van der Waals surface area (Å²) < 4.78 is 27.4. The lowest BCUT2D eigenvalue weighted by atomic mass is 10.1. The molecule has 3 rings (SSSR count). The van der Waals surface area contributed by atoms with Gasteiger partial charge < -0.3 is 5.32 Å². The van der Waals surface area contributed by atoms with Crippen LogP contribution in [-0.4, -0.2) is 34.8 Å². The third-order valence-corrected chi connectivity index (χ3v) is 7.57. The second-order valence-corrected chi connectivity index (χ2v) is 10.5. The van der Waals surface area contributed by atoms with Crippen molar-refractivity contribution in [2.45, 2.75) is 42.4 Å². The number of hydrogen-bond donors (Lipinski definition) is 2. The van der Waals surface area contributed by atoms with Crippen LogP contribution in [-0.2, 0) is 14.8 Å². The fraction of sp³-hybridized carbons (Fsp3) is 0.227. The molecule has 176 valence electrons. The molecule has 0 radical (unpaired) electrons. The third kappa shape index (κ3) is 6.22. The number of hydrogen-bond acceptors (Lipinski definition) is 8. The lowest BCUT2D eigenvalue weighted by Gasteiger charge is -2.16. The Labute approximate surface area is 207 Å². The van der Waals surface area contributed by atoms with Gasteiger partial charge in [-0.3, -0.25) is 9.52 Å². The molecule has 0 aliphatic heterocycles. The summed E-state index contributed by atoms with van der Waals surface area (Å²) in [5, 5.41) is 19.7. The summed E-state index contributed by atoms with van der Waals surface area (Å²) in [4.78, 5) is 17.3. The van der Waals surface area contributed by atoms with Gasteiger partial charge in [0.15, 0.2) is 11.0 Å². The maximum atomic E-state index is 12.9. The number of nitriles is 1. The van der Waals surface area contributed by atoms with E-state index in [9.17, 15) is 18.5 Å². The maximum absolute atomic E-state index is 12.9. The second-order valence-electron chi connectivity index (χ2n) is 7.25. The first-order valence-electron chi connectivity index (χ1n) is 10.1. The first kappa shape index (κ1) is 25.4. The van der Waals surface area contributed by atoms with E-state index in [-0.39, 0.29) is 21.8 Å². The van der Waals surface area contributed by atoms with Gasteiger partial charge >= 0.3 is 0 Å². The number of pyridine rings is 1. The summed E-state index contributed by atoms with van der Waals surface area (Å²) in [6, 6.07) is 12.5. The van der Waals surface area contributed by atoms with Crippen LogP contribution in [0.5, 0.6) is 0 Å². The monoisotopic (exact) mass is 516 g/mol. The van der Waals surface area contributed by atoms with Crippen LogP contribution in [0.15, 0.2) is 52.4 Å². The molecule has 9 nitrogen and oxygen atoms in total. The Kier molecular flexibility index (Phi) is 8.09. The van der Waals surface area contributed by atoms with E-state index in [1.807, 2.05) is 26.8 Å². The van der Waals surface area contributed by atoms with Gasteiger partial charge in [-0.15, -0.1) is 10.2 Å². The third-order valence-electron chi connectivity index (χ3n) is 4.64. The fourth-order valence-electron chi connectivity index (χ4n) is 2.99. The minimum absolute atomic E-state index is 0.0123. The molecular weight excluding hydrogens is 496 g/mol. The molecule has 12 heteroatoms. The normalized spacial score (nSPS) is 12.0. The van der Waals surface area contributed by atoms with E-state index in [4.69, 9.17) is 11.6 Å². The van der Waals surface area contributed by atoms with Crippen molar-refractivity contribution < 1.29 is 13.2 Å². The molecular formula is C22H21ClN6O3S2. The summed E-state index contributed by atoms with van der Waals surface area (Å²) in [6.07, 6.45) is 0.508. The van der Waals surface area contributed by atoms with E-state index in [1.165, 1.54) is 48.2 Å². The molecule has 1 amide bonds. The molecule has 0 bridgehead atoms. The number of amides is 1. The summed E-state index contributed by atoms with van der Waals surface area (Å²) in [5.41, 5.74) is 2.46. The van der Waals surface area contributed by atoms with Crippen molar-refractivity contribution in [3.8, 4) is 6.07 Å². The lowest BCUT2D eigenvalue weighted by Crippen LogP contribution is -2.25. The molecule has 3 aromatic rings. The van der Waals surface area contributed by atoms with Crippen LogP contribution < -0.4 is 10.0 Å². The maximum Gasteiger partial charge on any atom is 0.263 e. The van der Waals surface area contributed by atoms with Crippen LogP contribution in [0, 0.1) is 25.2 Å². The van der Waals surface area contributed by atoms with Gasteiger partial charge in [0.1, 0.15) is 11.1 Å². The van der Waals surface area contributed by atoms with E-state index in [0.29, 0.717) is 22.7 Å². The second kappa shape index (κ2) is 10.8. The number of nitrogens with one attached hydrogen (secondary N) is 2. The van der Waals surface area contributed by atoms with Crippen LogP contribution in [0.1, 0.15) is 30.2 Å². The average molecular weight is 517 g/mol. The Morgan fingerprint density at radius 2 is 1.88 bits per heavy atom. The lowest BCUT2D eigenvalue weighted by molar-refractivity contribution is -0.115. The van der Waals surface area contributed by atoms with E-state index < -0.39 is 15.3 Å². The van der Waals surface area contributed by atoms with Gasteiger partial charge in [-0.05, 0) is 68.3 Å². The molecule has 0 aliphatic carbocycles. The Morgan fingerprint density at radius 1 is 1.18 bits per heavy atom. The van der Waals surface area contributed by atoms with Crippen molar-refractivity contribution in [3.05, 3.63) is 64.4 Å². The molecule has 2 N–H and O–H groups in total. The van der Waals surface area contributed by atoms with Gasteiger partial charge in [0, 0.05) is 11.4 Å². The van der Waals surface area contributed by atoms with Crippen LogP contribution >= 0.6 is 23.4 Å². The largest absolute Gasteiger partial charge is 0.325 e. The highest BCUT2D eigenvalue weighted by molar-refractivity contribution is 8.00. The molecule has 0 saturated heterocycles. The first-order chi connectivity index (χ1) is 16.1. The first-order valence-corrected chi connectivity index (χ1v) is 12.8. The Bertz CT molecular complexity index is 1340. The van der Waals surface area contributed by atoms with E-state index in [1.54, 1.807) is 0 Å². The molecule has 1 unspecified atom stereocenters. The minimum atomic E-state index is -3.90. The van der Waals surface area contributed by atoms with Crippen LogP contribution in [0.4, 0.5) is 11.5 Å². The predicted octanol–water partition coefficient (Wildman–Crippen LogP) is 4.32. The van der Waals surface area contributed by atoms with Gasteiger partial charge in [-0.2, -0.15) is 5.26 Å². The SMILES string of the molecule is CCC(Sc1nc(C)cc(C)c1C#N)C(=O)Nc1ccc(S(=O)(=O)Nc2ccc(Cl)nn2)cc1. The fourth-order valence-corrected chi connectivity index (χ4v) is 5.21. The number of anilines is 2.